The molecule has 0 aromatic heterocycles. The monoisotopic (exact) mass is 159 g/mol. The Balaban J connectivity index is 4.18. The van der Waals surface area contributed by atoms with Crippen molar-refractivity contribution in [3.63, 3.8) is 0 Å². The Hall–Kier alpha value is -0.570. The van der Waals surface area contributed by atoms with Gasteiger partial charge in [-0.25, -0.2) is 0 Å². The highest BCUT2D eigenvalue weighted by molar-refractivity contribution is 5.80. The van der Waals surface area contributed by atoms with E-state index in [9.17, 15) is 4.79 Å². The Kier molecular flexibility index (Phi) is 3.52. The third kappa shape index (κ3) is 2.50. The van der Waals surface area contributed by atoms with Crippen LogP contribution in [0.1, 0.15) is 27.7 Å². The fraction of sp³-hybridized carbons (Fsp3) is 0.875. The summed E-state index contributed by atoms with van der Waals surface area (Å²) in [5.41, 5.74) is 4.86. The molecule has 0 aromatic carbocycles. The second kappa shape index (κ2) is 3.72. The van der Waals surface area contributed by atoms with Crippen LogP contribution in [0.15, 0.2) is 0 Å². The summed E-state index contributed by atoms with van der Waals surface area (Å²) in [5, 5.41) is 0. The average Bonchev–Trinajstić information content (AvgIpc) is 1.88. The molecule has 0 radical (unpaired) electrons. The molecular formula is C8H17NO2. The van der Waals surface area contributed by atoms with Crippen molar-refractivity contribution >= 4 is 5.97 Å². The summed E-state index contributed by atoms with van der Waals surface area (Å²) in [6, 6.07) is 0. The molecule has 0 saturated heterocycles. The number of esters is 1. The van der Waals surface area contributed by atoms with Gasteiger partial charge in [-0.2, -0.15) is 0 Å². The Morgan fingerprint density at radius 3 is 2.36 bits per heavy atom. The molecule has 0 saturated carbocycles. The summed E-state index contributed by atoms with van der Waals surface area (Å²) in [6.07, 6.45) is 0. The lowest BCUT2D eigenvalue weighted by Gasteiger charge is -2.25. The number of ether oxygens (including phenoxy) is 1. The second-order valence-electron chi connectivity index (χ2n) is 3.16. The molecule has 0 aromatic rings. The van der Waals surface area contributed by atoms with E-state index in [4.69, 9.17) is 10.5 Å². The van der Waals surface area contributed by atoms with Gasteiger partial charge in [0.05, 0.1) is 6.61 Å². The lowest BCUT2D eigenvalue weighted by Crippen LogP contribution is -2.50. The molecule has 0 unspecified atom stereocenters. The van der Waals surface area contributed by atoms with Crippen LogP contribution in [0.3, 0.4) is 0 Å². The highest BCUT2D eigenvalue weighted by atomic mass is 16.5. The van der Waals surface area contributed by atoms with E-state index in [1.54, 1.807) is 13.8 Å². The van der Waals surface area contributed by atoms with E-state index in [1.165, 1.54) is 0 Å². The van der Waals surface area contributed by atoms with E-state index < -0.39 is 5.54 Å². The first kappa shape index (κ1) is 10.4. The van der Waals surface area contributed by atoms with Gasteiger partial charge in [0, 0.05) is 0 Å². The van der Waals surface area contributed by atoms with Crippen LogP contribution >= 0.6 is 0 Å². The first-order chi connectivity index (χ1) is 4.92. The van der Waals surface area contributed by atoms with Crippen molar-refractivity contribution in [3.8, 4) is 0 Å². The Morgan fingerprint density at radius 2 is 2.09 bits per heavy atom. The standard InChI is InChI=1S/C8H17NO2/c1-5-11-7(10)8(4,9)6(2)3/h6H,5,9H2,1-4H3/t8-/m1/s1. The molecule has 0 fully saturated rings. The van der Waals surface area contributed by atoms with Gasteiger partial charge >= 0.3 is 5.97 Å². The Morgan fingerprint density at radius 1 is 1.64 bits per heavy atom. The fourth-order valence-electron chi connectivity index (χ4n) is 0.522. The zero-order chi connectivity index (χ0) is 9.07. The van der Waals surface area contributed by atoms with Crippen LogP contribution in [0.2, 0.25) is 0 Å². The maximum atomic E-state index is 11.2. The van der Waals surface area contributed by atoms with Gasteiger partial charge in [0.1, 0.15) is 5.54 Å². The van der Waals surface area contributed by atoms with Gasteiger partial charge in [-0.1, -0.05) is 13.8 Å². The number of carbonyl (C=O) groups excluding carboxylic acids is 1. The topological polar surface area (TPSA) is 52.3 Å². The van der Waals surface area contributed by atoms with Gasteiger partial charge in [0.2, 0.25) is 0 Å². The van der Waals surface area contributed by atoms with Crippen LogP contribution < -0.4 is 5.73 Å². The molecule has 0 bridgehead atoms. The van der Waals surface area contributed by atoms with Gasteiger partial charge in [-0.15, -0.1) is 0 Å². The molecule has 66 valence electrons. The first-order valence-corrected chi connectivity index (χ1v) is 3.89. The van der Waals surface area contributed by atoms with E-state index >= 15 is 0 Å². The second-order valence-corrected chi connectivity index (χ2v) is 3.16. The van der Waals surface area contributed by atoms with Gasteiger partial charge in [0.25, 0.3) is 0 Å². The number of carbonyl (C=O) groups is 1. The highest BCUT2D eigenvalue weighted by Gasteiger charge is 2.33. The number of hydrogen-bond donors (Lipinski definition) is 1. The van der Waals surface area contributed by atoms with Crippen LogP contribution in [0, 0.1) is 5.92 Å². The number of hydrogen-bond acceptors (Lipinski definition) is 3. The largest absolute Gasteiger partial charge is 0.465 e. The number of rotatable bonds is 3. The summed E-state index contributed by atoms with van der Waals surface area (Å²) in [5.74, 6) is -0.225. The average molecular weight is 159 g/mol. The van der Waals surface area contributed by atoms with Gasteiger partial charge in [0.15, 0.2) is 0 Å². The molecule has 0 heterocycles. The summed E-state index contributed by atoms with van der Waals surface area (Å²) >= 11 is 0. The summed E-state index contributed by atoms with van der Waals surface area (Å²) in [4.78, 5) is 11.2. The van der Waals surface area contributed by atoms with Gasteiger partial charge in [-0.05, 0) is 19.8 Å². The summed E-state index contributed by atoms with van der Waals surface area (Å²) in [7, 11) is 0. The number of nitrogens with two attached hydrogens (primary N) is 1. The molecule has 3 heteroatoms. The molecule has 3 nitrogen and oxygen atoms in total. The Labute approximate surface area is 67.9 Å². The van der Waals surface area contributed by atoms with Crippen molar-refractivity contribution in [1.82, 2.24) is 0 Å². The van der Waals surface area contributed by atoms with Crippen LogP contribution in [0.4, 0.5) is 0 Å². The minimum atomic E-state index is -0.851. The van der Waals surface area contributed by atoms with Crippen molar-refractivity contribution in [1.29, 1.82) is 0 Å². The lowest BCUT2D eigenvalue weighted by molar-refractivity contribution is -0.150. The van der Waals surface area contributed by atoms with Gasteiger partial charge in [-0.3, -0.25) is 4.79 Å². The van der Waals surface area contributed by atoms with Gasteiger partial charge < -0.3 is 10.5 Å². The molecule has 0 rings (SSSR count). The first-order valence-electron chi connectivity index (χ1n) is 3.89. The normalized spacial score (nSPS) is 16.2. The molecule has 0 aliphatic rings. The lowest BCUT2D eigenvalue weighted by atomic mass is 9.90. The van der Waals surface area contributed by atoms with Crippen LogP contribution in [-0.2, 0) is 9.53 Å². The molecule has 0 aliphatic carbocycles. The third-order valence-corrected chi connectivity index (χ3v) is 1.91. The van der Waals surface area contributed by atoms with E-state index in [1.807, 2.05) is 13.8 Å². The van der Waals surface area contributed by atoms with Crippen molar-refractivity contribution < 1.29 is 9.53 Å². The molecular weight excluding hydrogens is 142 g/mol. The third-order valence-electron chi connectivity index (χ3n) is 1.91. The molecule has 2 N–H and O–H groups in total. The highest BCUT2D eigenvalue weighted by Crippen LogP contribution is 2.14. The van der Waals surface area contributed by atoms with Crippen molar-refractivity contribution in [2.75, 3.05) is 6.61 Å². The maximum absolute atomic E-state index is 11.2. The van der Waals surface area contributed by atoms with Crippen molar-refractivity contribution in [2.24, 2.45) is 11.7 Å². The van der Waals surface area contributed by atoms with Crippen LogP contribution in [0.5, 0.6) is 0 Å². The molecule has 0 spiro atoms. The molecule has 11 heavy (non-hydrogen) atoms. The van der Waals surface area contributed by atoms with E-state index in [2.05, 4.69) is 0 Å². The Bertz CT molecular complexity index is 141. The predicted molar refractivity (Wildman–Crippen MR) is 44.1 cm³/mol. The van der Waals surface area contributed by atoms with Crippen LogP contribution in [-0.4, -0.2) is 18.1 Å². The van der Waals surface area contributed by atoms with Crippen molar-refractivity contribution in [2.45, 2.75) is 33.2 Å². The molecule has 1 atom stereocenters. The zero-order valence-electron chi connectivity index (χ0n) is 7.68. The fourth-order valence-corrected chi connectivity index (χ4v) is 0.522. The summed E-state index contributed by atoms with van der Waals surface area (Å²) < 4.78 is 4.80. The molecule has 0 amide bonds. The SMILES string of the molecule is CCOC(=O)[C@](C)(N)C(C)C. The van der Waals surface area contributed by atoms with E-state index in [-0.39, 0.29) is 11.9 Å². The minimum Gasteiger partial charge on any atom is -0.465 e. The maximum Gasteiger partial charge on any atom is 0.326 e. The van der Waals surface area contributed by atoms with Crippen molar-refractivity contribution in [3.05, 3.63) is 0 Å². The zero-order valence-corrected chi connectivity index (χ0v) is 7.68. The predicted octanol–water partition coefficient (Wildman–Crippen LogP) is 0.923. The molecule has 0 aliphatic heterocycles. The minimum absolute atomic E-state index is 0.0987. The van der Waals surface area contributed by atoms with E-state index in [0.717, 1.165) is 0 Å². The quantitative estimate of drug-likeness (QED) is 0.623. The smallest absolute Gasteiger partial charge is 0.326 e. The summed E-state index contributed by atoms with van der Waals surface area (Å²) in [6.45, 7) is 7.65. The van der Waals surface area contributed by atoms with Crippen LogP contribution in [0.25, 0.3) is 0 Å². The van der Waals surface area contributed by atoms with E-state index in [0.29, 0.717) is 6.61 Å².